The summed E-state index contributed by atoms with van der Waals surface area (Å²) in [5.74, 6) is 0.224. The summed E-state index contributed by atoms with van der Waals surface area (Å²) in [6.45, 7) is 1.63. The predicted octanol–water partition coefficient (Wildman–Crippen LogP) is 2.39. The van der Waals surface area contributed by atoms with Crippen LogP contribution in [-0.4, -0.2) is 5.78 Å². The minimum absolute atomic E-state index is 0.224. The molecule has 1 aromatic carbocycles. The molecule has 0 heterocycles. The molecule has 0 aromatic heterocycles. The highest BCUT2D eigenvalue weighted by atomic mass is 16.1. The number of hydrogen-bond acceptors (Lipinski definition) is 1. The first-order valence-corrected chi connectivity index (χ1v) is 4.53. The van der Waals surface area contributed by atoms with Crippen molar-refractivity contribution in [2.75, 3.05) is 0 Å². The second-order valence-electron chi connectivity index (χ2n) is 3.52. The maximum absolute atomic E-state index is 10.9. The van der Waals surface area contributed by atoms with Crippen LogP contribution < -0.4 is 0 Å². The molecule has 13 heavy (non-hydrogen) atoms. The molecule has 0 N–H and O–H groups in total. The minimum atomic E-state index is 0.224. The topological polar surface area (TPSA) is 17.1 Å². The van der Waals surface area contributed by atoms with Crippen LogP contribution in [0, 0.1) is 0 Å². The Hall–Kier alpha value is -1.37. The Labute approximate surface area is 78.1 Å². The van der Waals surface area contributed by atoms with E-state index in [9.17, 15) is 4.79 Å². The zero-order valence-corrected chi connectivity index (χ0v) is 7.71. The van der Waals surface area contributed by atoms with Crippen molar-refractivity contribution in [3.63, 3.8) is 0 Å². The van der Waals surface area contributed by atoms with E-state index in [-0.39, 0.29) is 5.78 Å². The largest absolute Gasteiger partial charge is 0.300 e. The molecule has 0 fully saturated rings. The maximum Gasteiger partial charge on any atom is 0.134 e. The van der Waals surface area contributed by atoms with Crippen molar-refractivity contribution in [2.45, 2.75) is 19.8 Å². The quantitative estimate of drug-likeness (QED) is 0.669. The Balaban J connectivity index is 2.30. The third-order valence-electron chi connectivity index (χ3n) is 2.30. The Morgan fingerprint density at radius 2 is 2.31 bits per heavy atom. The van der Waals surface area contributed by atoms with Gasteiger partial charge in [0.25, 0.3) is 0 Å². The molecule has 1 nitrogen and oxygen atoms in total. The van der Waals surface area contributed by atoms with Crippen molar-refractivity contribution in [2.24, 2.45) is 0 Å². The lowest BCUT2D eigenvalue weighted by atomic mass is 10.0. The van der Waals surface area contributed by atoms with Gasteiger partial charge in [0.15, 0.2) is 0 Å². The Bertz CT molecular complexity index is 375. The van der Waals surface area contributed by atoms with Crippen LogP contribution in [0.4, 0.5) is 0 Å². The molecule has 0 saturated carbocycles. The minimum Gasteiger partial charge on any atom is -0.300 e. The van der Waals surface area contributed by atoms with Crippen LogP contribution in [0.25, 0.3) is 6.08 Å². The second-order valence-corrected chi connectivity index (χ2v) is 3.52. The number of carbonyl (C=O) groups is 1. The maximum atomic E-state index is 10.9. The summed E-state index contributed by atoms with van der Waals surface area (Å²) in [6, 6.07) is 6.28. The van der Waals surface area contributed by atoms with Crippen LogP contribution in [0.2, 0.25) is 0 Å². The van der Waals surface area contributed by atoms with Crippen molar-refractivity contribution >= 4 is 11.9 Å². The van der Waals surface area contributed by atoms with E-state index in [0.29, 0.717) is 6.42 Å². The van der Waals surface area contributed by atoms with Gasteiger partial charge in [0.2, 0.25) is 0 Å². The number of fused-ring (bicyclic) bond motifs is 1. The lowest BCUT2D eigenvalue weighted by molar-refractivity contribution is -0.116. The van der Waals surface area contributed by atoms with Gasteiger partial charge in [0.05, 0.1) is 0 Å². The lowest BCUT2D eigenvalue weighted by Crippen LogP contribution is -1.96. The first-order chi connectivity index (χ1) is 6.25. The van der Waals surface area contributed by atoms with E-state index >= 15 is 0 Å². The van der Waals surface area contributed by atoms with Gasteiger partial charge in [-0.1, -0.05) is 30.4 Å². The number of benzene rings is 1. The van der Waals surface area contributed by atoms with E-state index in [4.69, 9.17) is 0 Å². The fourth-order valence-electron chi connectivity index (χ4n) is 1.70. The Kier molecular flexibility index (Phi) is 2.01. The molecule has 1 heteroatoms. The average Bonchev–Trinajstić information content (AvgIpc) is 2.49. The molecule has 0 atom stereocenters. The molecule has 0 unspecified atom stereocenters. The summed E-state index contributed by atoms with van der Waals surface area (Å²) in [5.41, 5.74) is 3.77. The first-order valence-electron chi connectivity index (χ1n) is 4.53. The van der Waals surface area contributed by atoms with Gasteiger partial charge in [0, 0.05) is 6.42 Å². The summed E-state index contributed by atoms with van der Waals surface area (Å²) in [7, 11) is 0. The van der Waals surface area contributed by atoms with Gasteiger partial charge >= 0.3 is 0 Å². The highest BCUT2D eigenvalue weighted by Gasteiger charge is 2.05. The molecular formula is C12H12O. The standard InChI is InChI=1S/C12H12O/c1-9(13)7-10-5-6-11-3-2-4-12(11)8-10/h2,4-6,8H,3,7H2,1H3. The average molecular weight is 172 g/mol. The van der Waals surface area contributed by atoms with Crippen LogP contribution in [-0.2, 0) is 17.6 Å². The zero-order valence-electron chi connectivity index (χ0n) is 7.71. The van der Waals surface area contributed by atoms with Crippen LogP contribution in [0.5, 0.6) is 0 Å². The summed E-state index contributed by atoms with van der Waals surface area (Å²) in [4.78, 5) is 10.9. The van der Waals surface area contributed by atoms with E-state index in [2.05, 4.69) is 24.3 Å². The van der Waals surface area contributed by atoms with Gasteiger partial charge in [-0.2, -0.15) is 0 Å². The Morgan fingerprint density at radius 3 is 3.08 bits per heavy atom. The Morgan fingerprint density at radius 1 is 1.46 bits per heavy atom. The van der Waals surface area contributed by atoms with Crippen LogP contribution >= 0.6 is 0 Å². The smallest absolute Gasteiger partial charge is 0.134 e. The highest BCUT2D eigenvalue weighted by Crippen LogP contribution is 2.20. The van der Waals surface area contributed by atoms with E-state index in [1.165, 1.54) is 11.1 Å². The highest BCUT2D eigenvalue weighted by molar-refractivity contribution is 5.78. The van der Waals surface area contributed by atoms with Gasteiger partial charge in [-0.05, 0) is 30.0 Å². The monoisotopic (exact) mass is 172 g/mol. The summed E-state index contributed by atoms with van der Waals surface area (Å²) < 4.78 is 0. The molecule has 1 aromatic rings. The van der Waals surface area contributed by atoms with Crippen LogP contribution in [0.3, 0.4) is 0 Å². The van der Waals surface area contributed by atoms with Crippen molar-refractivity contribution in [3.05, 3.63) is 41.0 Å². The molecule has 0 saturated heterocycles. The van der Waals surface area contributed by atoms with E-state index in [1.54, 1.807) is 6.92 Å². The van der Waals surface area contributed by atoms with Crippen molar-refractivity contribution in [1.29, 1.82) is 0 Å². The second kappa shape index (κ2) is 3.17. The van der Waals surface area contributed by atoms with Crippen molar-refractivity contribution < 1.29 is 4.79 Å². The van der Waals surface area contributed by atoms with Gasteiger partial charge in [-0.3, -0.25) is 4.79 Å². The van der Waals surface area contributed by atoms with Gasteiger partial charge < -0.3 is 0 Å². The molecule has 0 bridgehead atoms. The van der Waals surface area contributed by atoms with E-state index in [0.717, 1.165) is 12.0 Å². The predicted molar refractivity (Wildman–Crippen MR) is 53.6 cm³/mol. The van der Waals surface area contributed by atoms with Gasteiger partial charge in [-0.25, -0.2) is 0 Å². The number of rotatable bonds is 2. The molecule has 0 radical (unpaired) electrons. The third kappa shape index (κ3) is 1.69. The fraction of sp³-hybridized carbons (Fsp3) is 0.250. The van der Waals surface area contributed by atoms with Crippen molar-refractivity contribution in [1.82, 2.24) is 0 Å². The molecule has 0 spiro atoms. The molecule has 66 valence electrons. The molecular weight excluding hydrogens is 160 g/mol. The third-order valence-corrected chi connectivity index (χ3v) is 2.30. The summed E-state index contributed by atoms with van der Waals surface area (Å²) in [5, 5.41) is 0. The van der Waals surface area contributed by atoms with E-state index < -0.39 is 0 Å². The molecule has 0 aliphatic heterocycles. The molecule has 1 aliphatic rings. The number of carbonyl (C=O) groups excluding carboxylic acids is 1. The molecule has 2 rings (SSSR count). The van der Waals surface area contributed by atoms with E-state index in [1.807, 2.05) is 6.07 Å². The number of allylic oxidation sites excluding steroid dienone is 1. The summed E-state index contributed by atoms with van der Waals surface area (Å²) in [6.07, 6.45) is 5.87. The lowest BCUT2D eigenvalue weighted by Gasteiger charge is -2.01. The number of Topliss-reactive ketones (excluding diaryl/α,β-unsaturated/α-hetero) is 1. The first kappa shape index (κ1) is 8.24. The van der Waals surface area contributed by atoms with Crippen molar-refractivity contribution in [3.8, 4) is 0 Å². The summed E-state index contributed by atoms with van der Waals surface area (Å²) >= 11 is 0. The number of ketones is 1. The normalized spacial score (nSPS) is 13.0. The van der Waals surface area contributed by atoms with Gasteiger partial charge in [-0.15, -0.1) is 0 Å². The molecule has 0 amide bonds. The SMILES string of the molecule is CC(=O)Cc1ccc2c(c1)C=CC2. The van der Waals surface area contributed by atoms with Crippen LogP contribution in [0.15, 0.2) is 24.3 Å². The van der Waals surface area contributed by atoms with Gasteiger partial charge in [0.1, 0.15) is 5.78 Å². The van der Waals surface area contributed by atoms with Crippen LogP contribution in [0.1, 0.15) is 23.6 Å². The number of hydrogen-bond donors (Lipinski definition) is 0. The molecule has 1 aliphatic carbocycles. The fourth-order valence-corrected chi connectivity index (χ4v) is 1.70. The zero-order chi connectivity index (χ0) is 9.26.